The number of hydrogen-bond donors (Lipinski definition) is 1. The van der Waals surface area contributed by atoms with Crippen molar-refractivity contribution in [3.05, 3.63) is 34.9 Å². The van der Waals surface area contributed by atoms with Gasteiger partial charge in [-0.1, -0.05) is 12.1 Å². The lowest BCUT2D eigenvalue weighted by atomic mass is 9.98. The fourth-order valence-electron chi connectivity index (χ4n) is 2.57. The van der Waals surface area contributed by atoms with Gasteiger partial charge in [0.1, 0.15) is 6.04 Å². The summed E-state index contributed by atoms with van der Waals surface area (Å²) in [5, 5.41) is 9.23. The van der Waals surface area contributed by atoms with Gasteiger partial charge in [0.2, 0.25) is 0 Å². The molecular weight excluding hydrogens is 242 g/mol. The van der Waals surface area contributed by atoms with Gasteiger partial charge < -0.3 is 10.0 Å². The van der Waals surface area contributed by atoms with Gasteiger partial charge >= 0.3 is 5.97 Å². The quantitative estimate of drug-likeness (QED) is 0.889. The molecule has 0 bridgehead atoms. The minimum atomic E-state index is -0.904. The number of nitrogens with zero attached hydrogens (tertiary/aromatic N) is 1. The summed E-state index contributed by atoms with van der Waals surface area (Å²) >= 11 is 0. The van der Waals surface area contributed by atoms with Crippen molar-refractivity contribution in [2.75, 3.05) is 6.54 Å². The van der Waals surface area contributed by atoms with Crippen molar-refractivity contribution in [2.45, 2.75) is 39.2 Å². The van der Waals surface area contributed by atoms with Crippen molar-refractivity contribution in [1.29, 1.82) is 0 Å². The zero-order valence-corrected chi connectivity index (χ0v) is 11.3. The SMILES string of the molecule is Cc1cccc(C(=O)N2CCCC[C@H]2C(=O)O)c1C. The van der Waals surface area contributed by atoms with Crippen molar-refractivity contribution in [1.82, 2.24) is 4.90 Å². The Morgan fingerprint density at radius 3 is 2.68 bits per heavy atom. The molecule has 4 nitrogen and oxygen atoms in total. The van der Waals surface area contributed by atoms with Gasteiger partial charge in [0.25, 0.3) is 5.91 Å². The van der Waals surface area contributed by atoms with E-state index in [2.05, 4.69) is 0 Å². The van der Waals surface area contributed by atoms with E-state index in [1.807, 2.05) is 26.0 Å². The summed E-state index contributed by atoms with van der Waals surface area (Å²) in [5.41, 5.74) is 2.60. The molecule has 0 aliphatic carbocycles. The highest BCUT2D eigenvalue weighted by Crippen LogP contribution is 2.22. The topological polar surface area (TPSA) is 57.6 Å². The first-order valence-electron chi connectivity index (χ1n) is 6.62. The smallest absolute Gasteiger partial charge is 0.326 e. The monoisotopic (exact) mass is 261 g/mol. The molecule has 1 aromatic carbocycles. The van der Waals surface area contributed by atoms with Crippen molar-refractivity contribution in [3.63, 3.8) is 0 Å². The van der Waals surface area contributed by atoms with E-state index in [-0.39, 0.29) is 5.91 Å². The van der Waals surface area contributed by atoms with E-state index >= 15 is 0 Å². The van der Waals surface area contributed by atoms with Gasteiger partial charge in [0, 0.05) is 12.1 Å². The van der Waals surface area contributed by atoms with Crippen molar-refractivity contribution in [2.24, 2.45) is 0 Å². The molecule has 1 aliphatic heterocycles. The fourth-order valence-corrected chi connectivity index (χ4v) is 2.57. The fraction of sp³-hybridized carbons (Fsp3) is 0.467. The molecule has 1 aliphatic rings. The van der Waals surface area contributed by atoms with Gasteiger partial charge in [-0.3, -0.25) is 4.79 Å². The number of hydrogen-bond acceptors (Lipinski definition) is 2. The van der Waals surface area contributed by atoms with Crippen LogP contribution in [0.4, 0.5) is 0 Å². The first-order valence-corrected chi connectivity index (χ1v) is 6.62. The number of piperidine rings is 1. The molecule has 1 saturated heterocycles. The molecular formula is C15H19NO3. The second-order valence-corrected chi connectivity index (χ2v) is 5.10. The van der Waals surface area contributed by atoms with Crippen LogP contribution in [0.5, 0.6) is 0 Å². The molecule has 19 heavy (non-hydrogen) atoms. The highest BCUT2D eigenvalue weighted by Gasteiger charge is 2.32. The molecule has 0 spiro atoms. The molecule has 1 heterocycles. The van der Waals surface area contributed by atoms with Crippen LogP contribution in [0.15, 0.2) is 18.2 Å². The first-order chi connectivity index (χ1) is 9.02. The van der Waals surface area contributed by atoms with Crippen molar-refractivity contribution in [3.8, 4) is 0 Å². The summed E-state index contributed by atoms with van der Waals surface area (Å²) in [7, 11) is 0. The summed E-state index contributed by atoms with van der Waals surface area (Å²) in [6.07, 6.45) is 2.29. The highest BCUT2D eigenvalue weighted by atomic mass is 16.4. The van der Waals surface area contributed by atoms with Crippen LogP contribution in [0.3, 0.4) is 0 Å². The van der Waals surface area contributed by atoms with Gasteiger partial charge in [-0.15, -0.1) is 0 Å². The maximum atomic E-state index is 12.6. The largest absolute Gasteiger partial charge is 0.480 e. The number of carbonyl (C=O) groups is 2. The number of likely N-dealkylation sites (tertiary alicyclic amines) is 1. The summed E-state index contributed by atoms with van der Waals surface area (Å²) in [5.74, 6) is -1.06. The number of aryl methyl sites for hydroxylation is 1. The minimum Gasteiger partial charge on any atom is -0.480 e. The number of rotatable bonds is 2. The van der Waals surface area contributed by atoms with E-state index in [4.69, 9.17) is 0 Å². The van der Waals surface area contributed by atoms with Crippen LogP contribution < -0.4 is 0 Å². The number of carboxylic acid groups (broad SMARTS) is 1. The Kier molecular flexibility index (Phi) is 3.88. The molecule has 2 rings (SSSR count). The normalized spacial score (nSPS) is 19.3. The average Bonchev–Trinajstić information content (AvgIpc) is 2.41. The second kappa shape index (κ2) is 5.43. The van der Waals surface area contributed by atoms with E-state index in [0.29, 0.717) is 18.5 Å². The van der Waals surface area contributed by atoms with Crippen LogP contribution in [0.1, 0.15) is 40.7 Å². The summed E-state index contributed by atoms with van der Waals surface area (Å²) in [6.45, 7) is 4.39. The molecule has 4 heteroatoms. The maximum absolute atomic E-state index is 12.6. The Hall–Kier alpha value is -1.84. The van der Waals surface area contributed by atoms with Gasteiger partial charge in [0.15, 0.2) is 0 Å². The predicted molar refractivity (Wildman–Crippen MR) is 72.2 cm³/mol. The Morgan fingerprint density at radius 2 is 2.00 bits per heavy atom. The van der Waals surface area contributed by atoms with Gasteiger partial charge in [0.05, 0.1) is 0 Å². The standard InChI is InChI=1S/C15H19NO3/c1-10-6-5-7-12(11(10)2)14(17)16-9-4-3-8-13(16)15(18)19/h5-7,13H,3-4,8-9H2,1-2H3,(H,18,19)/t13-/m0/s1. The zero-order valence-electron chi connectivity index (χ0n) is 11.3. The molecule has 0 saturated carbocycles. The van der Waals surface area contributed by atoms with Gasteiger partial charge in [-0.2, -0.15) is 0 Å². The molecule has 102 valence electrons. The van der Waals surface area contributed by atoms with Crippen LogP contribution in [-0.4, -0.2) is 34.5 Å². The van der Waals surface area contributed by atoms with E-state index < -0.39 is 12.0 Å². The third-order valence-corrected chi connectivity index (χ3v) is 3.88. The van der Waals surface area contributed by atoms with E-state index in [1.165, 1.54) is 4.90 Å². The van der Waals surface area contributed by atoms with Crippen molar-refractivity contribution < 1.29 is 14.7 Å². The third-order valence-electron chi connectivity index (χ3n) is 3.88. The number of aliphatic carboxylic acids is 1. The molecule has 1 fully saturated rings. The van der Waals surface area contributed by atoms with E-state index in [1.54, 1.807) is 6.07 Å². The lowest BCUT2D eigenvalue weighted by molar-refractivity contribution is -0.143. The molecule has 1 amide bonds. The highest BCUT2D eigenvalue weighted by molar-refractivity contribution is 5.98. The molecule has 0 unspecified atom stereocenters. The summed E-state index contributed by atoms with van der Waals surface area (Å²) < 4.78 is 0. The first kappa shape index (κ1) is 13.6. The maximum Gasteiger partial charge on any atom is 0.326 e. The van der Waals surface area contributed by atoms with Gasteiger partial charge in [-0.05, 0) is 50.3 Å². The molecule has 1 N–H and O–H groups in total. The lowest BCUT2D eigenvalue weighted by Gasteiger charge is -2.33. The summed E-state index contributed by atoms with van der Waals surface area (Å²) in [4.78, 5) is 25.3. The molecule has 1 aromatic rings. The van der Waals surface area contributed by atoms with E-state index in [9.17, 15) is 14.7 Å². The third kappa shape index (κ3) is 2.62. The molecule has 1 atom stereocenters. The van der Waals surface area contributed by atoms with Crippen LogP contribution in [0.25, 0.3) is 0 Å². The Balaban J connectivity index is 2.31. The Morgan fingerprint density at radius 1 is 1.26 bits per heavy atom. The van der Waals surface area contributed by atoms with E-state index in [0.717, 1.165) is 24.0 Å². The minimum absolute atomic E-state index is 0.159. The van der Waals surface area contributed by atoms with Crippen LogP contribution >= 0.6 is 0 Å². The molecule has 0 aromatic heterocycles. The second-order valence-electron chi connectivity index (χ2n) is 5.10. The Bertz CT molecular complexity index is 510. The van der Waals surface area contributed by atoms with Crippen LogP contribution in [0, 0.1) is 13.8 Å². The van der Waals surface area contributed by atoms with Gasteiger partial charge in [-0.25, -0.2) is 4.79 Å². The summed E-state index contributed by atoms with van der Waals surface area (Å²) in [6, 6.07) is 4.89. The van der Waals surface area contributed by atoms with Crippen LogP contribution in [-0.2, 0) is 4.79 Å². The van der Waals surface area contributed by atoms with Crippen molar-refractivity contribution >= 4 is 11.9 Å². The number of benzene rings is 1. The van der Waals surface area contributed by atoms with Crippen LogP contribution in [0.2, 0.25) is 0 Å². The predicted octanol–water partition coefficient (Wildman–Crippen LogP) is 2.38. The average molecular weight is 261 g/mol. The number of carbonyl (C=O) groups excluding carboxylic acids is 1. The zero-order chi connectivity index (χ0) is 14.0. The number of carboxylic acids is 1. The Labute approximate surface area is 113 Å². The molecule has 0 radical (unpaired) electrons. The number of amides is 1. The lowest BCUT2D eigenvalue weighted by Crippen LogP contribution is -2.48.